The van der Waals surface area contributed by atoms with Crippen LogP contribution in [0.2, 0.25) is 0 Å². The fourth-order valence-electron chi connectivity index (χ4n) is 4.51. The standard InChI is InChI=1S/C27H36FN3O6/c1-6-34-23(32)15-22(27(17-28,35-7-2)36-8-3)30-25(33)26(18(4)5)16-21(31-37-26)24-20-12-10-9-11-19(20)13-14-29-24/h9-14,18,22H,6-8,15-17H2,1-5H3,(H,30,33)/t22-,26?/m0/s1. The van der Waals surface area contributed by atoms with Crippen molar-refractivity contribution in [3.05, 3.63) is 42.2 Å². The van der Waals surface area contributed by atoms with Crippen LogP contribution in [0.25, 0.3) is 10.8 Å². The van der Waals surface area contributed by atoms with Gasteiger partial charge in [-0.05, 0) is 32.2 Å². The quantitative estimate of drug-likeness (QED) is 0.317. The van der Waals surface area contributed by atoms with Crippen molar-refractivity contribution in [3.8, 4) is 0 Å². The van der Waals surface area contributed by atoms with E-state index in [1.807, 2.05) is 44.2 Å². The average molecular weight is 518 g/mol. The Balaban J connectivity index is 1.93. The number of nitrogens with zero attached hydrogens (tertiary/aromatic N) is 2. The summed E-state index contributed by atoms with van der Waals surface area (Å²) in [6, 6.07) is 8.47. The second-order valence-electron chi connectivity index (χ2n) is 9.08. The molecule has 3 rings (SSSR count). The molecule has 0 saturated heterocycles. The van der Waals surface area contributed by atoms with Gasteiger partial charge in [0.1, 0.15) is 12.4 Å². The number of hydrogen-bond donors (Lipinski definition) is 1. The number of amides is 1. The van der Waals surface area contributed by atoms with E-state index in [4.69, 9.17) is 19.0 Å². The van der Waals surface area contributed by atoms with Gasteiger partial charge in [0.05, 0.1) is 24.8 Å². The van der Waals surface area contributed by atoms with Gasteiger partial charge in [-0.15, -0.1) is 0 Å². The maximum atomic E-state index is 14.5. The summed E-state index contributed by atoms with van der Waals surface area (Å²) in [5, 5.41) is 8.93. The molecule has 0 saturated carbocycles. The largest absolute Gasteiger partial charge is 0.466 e. The summed E-state index contributed by atoms with van der Waals surface area (Å²) in [4.78, 5) is 36.6. The number of esters is 1. The molecule has 1 N–H and O–H groups in total. The number of fused-ring (bicyclic) bond motifs is 1. The number of nitrogens with one attached hydrogen (secondary N) is 1. The van der Waals surface area contributed by atoms with Crippen LogP contribution < -0.4 is 5.32 Å². The average Bonchev–Trinajstić information content (AvgIpc) is 3.35. The lowest BCUT2D eigenvalue weighted by Gasteiger charge is -2.39. The van der Waals surface area contributed by atoms with E-state index in [1.165, 1.54) is 0 Å². The lowest BCUT2D eigenvalue weighted by atomic mass is 9.83. The number of carbonyl (C=O) groups is 2. The molecule has 2 aromatic rings. The fourth-order valence-corrected chi connectivity index (χ4v) is 4.51. The van der Waals surface area contributed by atoms with E-state index >= 15 is 0 Å². The topological polar surface area (TPSA) is 108 Å². The Morgan fingerprint density at radius 2 is 1.84 bits per heavy atom. The third kappa shape index (κ3) is 5.91. The summed E-state index contributed by atoms with van der Waals surface area (Å²) in [5.41, 5.74) is -0.270. The van der Waals surface area contributed by atoms with Crippen LogP contribution in [0, 0.1) is 5.92 Å². The maximum Gasteiger partial charge on any atom is 0.308 e. The zero-order valence-electron chi connectivity index (χ0n) is 22.1. The van der Waals surface area contributed by atoms with Gasteiger partial charge in [0.2, 0.25) is 11.4 Å². The summed E-state index contributed by atoms with van der Waals surface area (Å²) >= 11 is 0. The molecule has 37 heavy (non-hydrogen) atoms. The molecule has 0 fully saturated rings. The van der Waals surface area contributed by atoms with Gasteiger partial charge < -0.3 is 24.4 Å². The molecular formula is C27H36FN3O6. The van der Waals surface area contributed by atoms with Gasteiger partial charge in [-0.1, -0.05) is 43.3 Å². The molecule has 0 aliphatic carbocycles. The first-order valence-corrected chi connectivity index (χ1v) is 12.7. The van der Waals surface area contributed by atoms with Crippen LogP contribution in [-0.4, -0.2) is 66.5 Å². The van der Waals surface area contributed by atoms with Crippen LogP contribution in [0.15, 0.2) is 41.7 Å². The first-order valence-electron chi connectivity index (χ1n) is 12.7. The zero-order valence-corrected chi connectivity index (χ0v) is 22.1. The van der Waals surface area contributed by atoms with Gasteiger partial charge in [-0.2, -0.15) is 0 Å². The molecule has 10 heteroatoms. The predicted molar refractivity (Wildman–Crippen MR) is 137 cm³/mol. The highest BCUT2D eigenvalue weighted by Crippen LogP contribution is 2.36. The molecule has 0 bridgehead atoms. The number of halogens is 1. The molecule has 0 radical (unpaired) electrons. The van der Waals surface area contributed by atoms with Crippen molar-refractivity contribution in [2.45, 2.75) is 64.9 Å². The van der Waals surface area contributed by atoms with E-state index < -0.39 is 36.0 Å². The molecule has 2 atom stereocenters. The van der Waals surface area contributed by atoms with Crippen LogP contribution in [0.1, 0.15) is 53.2 Å². The first-order chi connectivity index (χ1) is 17.8. The van der Waals surface area contributed by atoms with Crippen molar-refractivity contribution in [2.75, 3.05) is 26.5 Å². The van der Waals surface area contributed by atoms with Gasteiger partial charge >= 0.3 is 5.97 Å². The molecule has 0 spiro atoms. The van der Waals surface area contributed by atoms with E-state index in [0.717, 1.165) is 10.8 Å². The van der Waals surface area contributed by atoms with Gasteiger partial charge in [0.15, 0.2) is 0 Å². The van der Waals surface area contributed by atoms with Gasteiger partial charge in [-0.3, -0.25) is 14.6 Å². The zero-order chi connectivity index (χ0) is 27.1. The van der Waals surface area contributed by atoms with Crippen LogP contribution in [0.5, 0.6) is 0 Å². The van der Waals surface area contributed by atoms with E-state index in [0.29, 0.717) is 11.4 Å². The number of oxime groups is 1. The second kappa shape index (κ2) is 12.4. The van der Waals surface area contributed by atoms with E-state index in [-0.39, 0.29) is 38.6 Å². The van der Waals surface area contributed by atoms with Crippen molar-refractivity contribution >= 4 is 28.4 Å². The SMILES string of the molecule is CCOC(=O)C[C@H](NC(=O)C1(C(C)C)CC(c2nccc3ccccc23)=NO1)C(CF)(OCC)OCC. The van der Waals surface area contributed by atoms with Crippen molar-refractivity contribution in [2.24, 2.45) is 11.1 Å². The lowest BCUT2D eigenvalue weighted by molar-refractivity contribution is -0.258. The minimum Gasteiger partial charge on any atom is -0.466 e. The van der Waals surface area contributed by atoms with Gasteiger partial charge in [-0.25, -0.2) is 4.39 Å². The first kappa shape index (κ1) is 28.5. The molecular weight excluding hydrogens is 481 g/mol. The molecule has 9 nitrogen and oxygen atoms in total. The third-order valence-electron chi connectivity index (χ3n) is 6.49. The molecule has 202 valence electrons. The Morgan fingerprint density at radius 1 is 1.14 bits per heavy atom. The number of carbonyl (C=O) groups excluding carboxylic acids is 2. The molecule has 1 unspecified atom stereocenters. The maximum absolute atomic E-state index is 14.5. The number of hydrogen-bond acceptors (Lipinski definition) is 8. The second-order valence-corrected chi connectivity index (χ2v) is 9.08. The van der Waals surface area contributed by atoms with Gasteiger partial charge in [0, 0.05) is 37.1 Å². The number of alkyl halides is 1. The minimum atomic E-state index is -1.87. The van der Waals surface area contributed by atoms with E-state index in [9.17, 15) is 14.0 Å². The third-order valence-corrected chi connectivity index (χ3v) is 6.49. The molecule has 1 aromatic heterocycles. The Labute approximate surface area is 216 Å². The summed E-state index contributed by atoms with van der Waals surface area (Å²) in [6.45, 7) is 7.95. The Morgan fingerprint density at radius 3 is 2.46 bits per heavy atom. The molecule has 1 aromatic carbocycles. The van der Waals surface area contributed by atoms with Gasteiger partial charge in [0.25, 0.3) is 5.91 Å². The molecule has 1 amide bonds. The number of benzene rings is 1. The smallest absolute Gasteiger partial charge is 0.308 e. The van der Waals surface area contributed by atoms with Crippen molar-refractivity contribution in [3.63, 3.8) is 0 Å². The summed E-state index contributed by atoms with van der Waals surface area (Å²) in [7, 11) is 0. The summed E-state index contributed by atoms with van der Waals surface area (Å²) in [5.74, 6) is -3.38. The Kier molecular flexibility index (Phi) is 9.56. The highest BCUT2D eigenvalue weighted by atomic mass is 19.1. The Bertz CT molecular complexity index is 1110. The van der Waals surface area contributed by atoms with Crippen LogP contribution in [-0.2, 0) is 28.6 Å². The van der Waals surface area contributed by atoms with Crippen molar-refractivity contribution < 1.29 is 33.0 Å². The molecule has 1 aliphatic heterocycles. The van der Waals surface area contributed by atoms with E-state index in [1.54, 1.807) is 27.0 Å². The highest BCUT2D eigenvalue weighted by molar-refractivity contribution is 6.11. The molecule has 2 heterocycles. The van der Waals surface area contributed by atoms with Crippen LogP contribution in [0.4, 0.5) is 4.39 Å². The van der Waals surface area contributed by atoms with Crippen molar-refractivity contribution in [1.82, 2.24) is 10.3 Å². The van der Waals surface area contributed by atoms with E-state index in [2.05, 4.69) is 15.5 Å². The number of aromatic nitrogens is 1. The number of rotatable bonds is 13. The minimum absolute atomic E-state index is 0.102. The number of pyridine rings is 1. The monoisotopic (exact) mass is 517 g/mol. The fraction of sp³-hybridized carbons (Fsp3) is 0.556. The summed E-state index contributed by atoms with van der Waals surface area (Å²) < 4.78 is 30.9. The predicted octanol–water partition coefficient (Wildman–Crippen LogP) is 3.93. The normalized spacial score (nSPS) is 18.4. The Hall–Kier alpha value is -3.11. The summed E-state index contributed by atoms with van der Waals surface area (Å²) in [6.07, 6.45) is 1.47. The highest BCUT2D eigenvalue weighted by Gasteiger charge is 2.53. The van der Waals surface area contributed by atoms with Crippen LogP contribution in [0.3, 0.4) is 0 Å². The molecule has 1 aliphatic rings. The van der Waals surface area contributed by atoms with Crippen LogP contribution >= 0.6 is 0 Å². The number of ether oxygens (including phenoxy) is 3. The van der Waals surface area contributed by atoms with Crippen molar-refractivity contribution in [1.29, 1.82) is 0 Å². The lowest BCUT2D eigenvalue weighted by Crippen LogP contribution is -2.62.